The third-order valence-corrected chi connectivity index (χ3v) is 5.00. The van der Waals surface area contributed by atoms with E-state index in [0.29, 0.717) is 23.9 Å². The molecule has 0 fully saturated rings. The topological polar surface area (TPSA) is 52.6 Å². The van der Waals surface area contributed by atoms with Crippen molar-refractivity contribution in [3.8, 4) is 0 Å². The lowest BCUT2D eigenvalue weighted by atomic mass is 10.00. The highest BCUT2D eigenvalue weighted by atomic mass is 16.5. The number of hydrogen-bond donors (Lipinski definition) is 0. The molecule has 0 aromatic heterocycles. The highest BCUT2D eigenvalue weighted by Gasteiger charge is 2.14. The van der Waals surface area contributed by atoms with E-state index in [-0.39, 0.29) is 0 Å². The van der Waals surface area contributed by atoms with Crippen LogP contribution in [-0.4, -0.2) is 18.5 Å². The molecule has 0 spiro atoms. The third kappa shape index (κ3) is 8.25. The van der Waals surface area contributed by atoms with Crippen LogP contribution in [0.1, 0.15) is 57.6 Å². The smallest absolute Gasteiger partial charge is 0.330 e. The Kier molecular flexibility index (Phi) is 10.3. The van der Waals surface area contributed by atoms with E-state index in [2.05, 4.69) is 13.8 Å². The molecule has 1 unspecified atom stereocenters. The molecule has 4 nitrogen and oxygen atoms in total. The van der Waals surface area contributed by atoms with Gasteiger partial charge < -0.3 is 9.47 Å². The van der Waals surface area contributed by atoms with Crippen molar-refractivity contribution in [2.45, 2.75) is 46.5 Å². The van der Waals surface area contributed by atoms with E-state index in [1.54, 1.807) is 6.08 Å². The van der Waals surface area contributed by atoms with Gasteiger partial charge >= 0.3 is 11.9 Å². The van der Waals surface area contributed by atoms with Crippen LogP contribution < -0.4 is 0 Å². The first-order valence-electron chi connectivity index (χ1n) is 10.9. The number of unbranched alkanes of at least 4 members (excludes halogenated alkanes) is 1. The van der Waals surface area contributed by atoms with Gasteiger partial charge in [0, 0.05) is 24.1 Å². The molecule has 0 amide bonds. The van der Waals surface area contributed by atoms with Gasteiger partial charge in [0.1, 0.15) is 5.76 Å². The summed E-state index contributed by atoms with van der Waals surface area (Å²) in [5, 5.41) is 0. The second-order valence-corrected chi connectivity index (χ2v) is 7.45. The average Bonchev–Trinajstić information content (AvgIpc) is 2.79. The first-order chi connectivity index (χ1) is 15.0. The molecule has 0 N–H and O–H groups in total. The lowest BCUT2D eigenvalue weighted by molar-refractivity contribution is -0.139. The number of benzene rings is 2. The van der Waals surface area contributed by atoms with Crippen LogP contribution in [0.5, 0.6) is 0 Å². The molecule has 0 aliphatic carbocycles. The van der Waals surface area contributed by atoms with Gasteiger partial charge in [0.05, 0.1) is 6.61 Å². The van der Waals surface area contributed by atoms with E-state index < -0.39 is 11.9 Å². The normalized spacial score (nSPS) is 12.9. The van der Waals surface area contributed by atoms with Gasteiger partial charge in [-0.25, -0.2) is 4.79 Å². The number of carbonyl (C=O) groups is 2. The number of ether oxygens (including phenoxy) is 2. The molecule has 164 valence electrons. The minimum atomic E-state index is -0.426. The van der Waals surface area contributed by atoms with Gasteiger partial charge in [-0.2, -0.15) is 0 Å². The first-order valence-corrected chi connectivity index (χ1v) is 10.9. The fourth-order valence-electron chi connectivity index (χ4n) is 3.22. The lowest BCUT2D eigenvalue weighted by Crippen LogP contribution is -2.12. The zero-order chi connectivity index (χ0) is 22.5. The molecule has 0 saturated carbocycles. The van der Waals surface area contributed by atoms with Crippen LogP contribution in [-0.2, 0) is 19.1 Å². The van der Waals surface area contributed by atoms with Crippen LogP contribution in [0.25, 0.3) is 11.3 Å². The molecule has 0 saturated heterocycles. The van der Waals surface area contributed by atoms with Crippen molar-refractivity contribution in [2.75, 3.05) is 6.61 Å². The van der Waals surface area contributed by atoms with Gasteiger partial charge in [0.15, 0.2) is 0 Å². The minimum absolute atomic E-state index is 0.377. The van der Waals surface area contributed by atoms with E-state index in [1.165, 1.54) is 13.0 Å². The predicted octanol–water partition coefficient (Wildman–Crippen LogP) is 6.43. The Bertz CT molecular complexity index is 882. The summed E-state index contributed by atoms with van der Waals surface area (Å²) in [5.41, 5.74) is 2.22. The summed E-state index contributed by atoms with van der Waals surface area (Å²) in [4.78, 5) is 24.2. The molecule has 0 bridgehead atoms. The fourth-order valence-corrected chi connectivity index (χ4v) is 3.22. The highest BCUT2D eigenvalue weighted by molar-refractivity contribution is 5.98. The van der Waals surface area contributed by atoms with Gasteiger partial charge in [0.25, 0.3) is 0 Å². The van der Waals surface area contributed by atoms with Crippen LogP contribution >= 0.6 is 0 Å². The summed E-state index contributed by atoms with van der Waals surface area (Å²) in [6.45, 7) is 6.06. The molecule has 2 aromatic carbocycles. The van der Waals surface area contributed by atoms with Gasteiger partial charge in [0.2, 0.25) is 0 Å². The Morgan fingerprint density at radius 2 is 1.52 bits per heavy atom. The highest BCUT2D eigenvalue weighted by Crippen LogP contribution is 2.29. The van der Waals surface area contributed by atoms with Crippen LogP contribution in [0, 0.1) is 5.92 Å². The number of esters is 2. The van der Waals surface area contributed by atoms with E-state index in [1.807, 2.05) is 60.7 Å². The Morgan fingerprint density at radius 3 is 2.06 bits per heavy atom. The molecule has 2 aromatic rings. The van der Waals surface area contributed by atoms with Crippen molar-refractivity contribution in [1.29, 1.82) is 0 Å². The summed E-state index contributed by atoms with van der Waals surface area (Å²) < 4.78 is 11.1. The maximum atomic E-state index is 12.4. The van der Waals surface area contributed by atoms with E-state index in [0.717, 1.165) is 36.8 Å². The van der Waals surface area contributed by atoms with Crippen molar-refractivity contribution >= 4 is 23.3 Å². The molecule has 0 aliphatic heterocycles. The molecule has 4 heteroatoms. The standard InChI is InChI=1S/C27H32O4/c1-4-6-13-22(5-2)20-30-26(29)19-18-25(23-14-9-7-10-15-23)27(31-21(3)28)24-16-11-8-12-17-24/h7-12,14-19,22H,4-6,13,20H2,1-3H3/b19-18+,27-25-. The largest absolute Gasteiger partial charge is 0.462 e. The number of carbonyl (C=O) groups excluding carboxylic acids is 2. The number of hydrogen-bond acceptors (Lipinski definition) is 4. The van der Waals surface area contributed by atoms with Crippen molar-refractivity contribution < 1.29 is 19.1 Å². The third-order valence-electron chi connectivity index (χ3n) is 5.00. The van der Waals surface area contributed by atoms with E-state index in [4.69, 9.17) is 9.47 Å². The Labute approximate surface area is 185 Å². The second kappa shape index (κ2) is 13.2. The maximum absolute atomic E-state index is 12.4. The molecule has 0 radical (unpaired) electrons. The zero-order valence-electron chi connectivity index (χ0n) is 18.7. The molecule has 31 heavy (non-hydrogen) atoms. The molecule has 1 atom stereocenters. The van der Waals surface area contributed by atoms with Crippen molar-refractivity contribution in [3.05, 3.63) is 83.9 Å². The predicted molar refractivity (Wildman–Crippen MR) is 125 cm³/mol. The molecular weight excluding hydrogens is 388 g/mol. The molecule has 2 rings (SSSR count). The van der Waals surface area contributed by atoms with Crippen LogP contribution in [0.15, 0.2) is 72.8 Å². The number of rotatable bonds is 11. The Hall–Kier alpha value is -3.14. The summed E-state index contributed by atoms with van der Waals surface area (Å²) in [5.74, 6) is -0.0521. The molecule has 0 aliphatic rings. The summed E-state index contributed by atoms with van der Waals surface area (Å²) in [7, 11) is 0. The SMILES string of the molecule is CCCCC(CC)COC(=O)/C=C/C(=C(/OC(C)=O)c1ccccc1)c1ccccc1. The number of allylic oxidation sites excluding steroid dienone is 2. The summed E-state index contributed by atoms with van der Waals surface area (Å²) in [6, 6.07) is 18.9. The van der Waals surface area contributed by atoms with Crippen molar-refractivity contribution in [3.63, 3.8) is 0 Å². The average molecular weight is 421 g/mol. The second-order valence-electron chi connectivity index (χ2n) is 7.45. The first kappa shape index (κ1) is 24.1. The van der Waals surface area contributed by atoms with Crippen LogP contribution in [0.2, 0.25) is 0 Å². The fraction of sp³-hybridized carbons (Fsp3) is 0.333. The van der Waals surface area contributed by atoms with Crippen molar-refractivity contribution in [2.24, 2.45) is 5.92 Å². The molecule has 0 heterocycles. The summed E-state index contributed by atoms with van der Waals surface area (Å²) >= 11 is 0. The van der Waals surface area contributed by atoms with Gasteiger partial charge in [-0.3, -0.25) is 4.79 Å². The lowest BCUT2D eigenvalue weighted by Gasteiger charge is -2.14. The van der Waals surface area contributed by atoms with Crippen molar-refractivity contribution in [1.82, 2.24) is 0 Å². The van der Waals surface area contributed by atoms with Crippen LogP contribution in [0.4, 0.5) is 0 Å². The van der Waals surface area contributed by atoms with Crippen LogP contribution in [0.3, 0.4) is 0 Å². The van der Waals surface area contributed by atoms with Gasteiger partial charge in [-0.05, 0) is 24.0 Å². The van der Waals surface area contributed by atoms with E-state index in [9.17, 15) is 9.59 Å². The minimum Gasteiger partial charge on any atom is -0.462 e. The monoisotopic (exact) mass is 420 g/mol. The maximum Gasteiger partial charge on any atom is 0.330 e. The Balaban J connectivity index is 2.32. The quantitative estimate of drug-likeness (QED) is 0.138. The van der Waals surface area contributed by atoms with E-state index >= 15 is 0 Å². The van der Waals surface area contributed by atoms with Gasteiger partial charge in [-0.15, -0.1) is 0 Å². The zero-order valence-corrected chi connectivity index (χ0v) is 18.7. The van der Waals surface area contributed by atoms with Gasteiger partial charge in [-0.1, -0.05) is 93.8 Å². The summed E-state index contributed by atoms with van der Waals surface area (Å²) in [6.07, 6.45) is 7.38. The Morgan fingerprint density at radius 1 is 0.903 bits per heavy atom. The molecular formula is C27H32O4.